The largest absolute Gasteiger partial charge is 0.494 e. The first-order valence-corrected chi connectivity index (χ1v) is 5.58. The molecule has 98 valence electrons. The first kappa shape index (κ1) is 13.8. The zero-order valence-electron chi connectivity index (χ0n) is 10.4. The summed E-state index contributed by atoms with van der Waals surface area (Å²) < 4.78 is 10.7. The SMILES string of the molecule is CCOc1cc(NC(=O)C(N)=O)cc(OCC)c1. The molecule has 1 aromatic rings. The molecule has 0 saturated heterocycles. The van der Waals surface area contributed by atoms with Crippen LogP contribution in [0.2, 0.25) is 0 Å². The highest BCUT2D eigenvalue weighted by Gasteiger charge is 2.10. The second-order valence-electron chi connectivity index (χ2n) is 3.38. The minimum Gasteiger partial charge on any atom is -0.494 e. The molecule has 6 heteroatoms. The Balaban J connectivity index is 2.94. The summed E-state index contributed by atoms with van der Waals surface area (Å²) in [4.78, 5) is 21.9. The van der Waals surface area contributed by atoms with Crippen LogP contribution in [0.5, 0.6) is 11.5 Å². The van der Waals surface area contributed by atoms with Gasteiger partial charge < -0.3 is 20.5 Å². The molecule has 0 aromatic heterocycles. The molecule has 1 rings (SSSR count). The minimum atomic E-state index is -1.05. The normalized spacial score (nSPS) is 9.67. The van der Waals surface area contributed by atoms with E-state index in [2.05, 4.69) is 5.32 Å². The first-order chi connectivity index (χ1) is 8.56. The Labute approximate surface area is 105 Å². The maximum absolute atomic E-state index is 11.2. The number of benzene rings is 1. The Hall–Kier alpha value is -2.24. The van der Waals surface area contributed by atoms with E-state index in [4.69, 9.17) is 15.2 Å². The smallest absolute Gasteiger partial charge is 0.313 e. The van der Waals surface area contributed by atoms with Gasteiger partial charge in [0.05, 0.1) is 13.2 Å². The number of carbonyl (C=O) groups excluding carboxylic acids is 2. The number of carbonyl (C=O) groups is 2. The van der Waals surface area contributed by atoms with E-state index in [-0.39, 0.29) is 0 Å². The van der Waals surface area contributed by atoms with Gasteiger partial charge in [0.1, 0.15) is 11.5 Å². The van der Waals surface area contributed by atoms with Crippen molar-refractivity contribution in [3.8, 4) is 11.5 Å². The molecule has 3 N–H and O–H groups in total. The maximum Gasteiger partial charge on any atom is 0.313 e. The zero-order valence-corrected chi connectivity index (χ0v) is 10.4. The van der Waals surface area contributed by atoms with Crippen LogP contribution >= 0.6 is 0 Å². The van der Waals surface area contributed by atoms with E-state index in [9.17, 15) is 9.59 Å². The Bertz CT molecular complexity index is 421. The van der Waals surface area contributed by atoms with Crippen molar-refractivity contribution < 1.29 is 19.1 Å². The van der Waals surface area contributed by atoms with Crippen LogP contribution < -0.4 is 20.5 Å². The Morgan fingerprint density at radius 1 is 1.11 bits per heavy atom. The number of anilines is 1. The van der Waals surface area contributed by atoms with Crippen LogP contribution in [0.25, 0.3) is 0 Å². The third-order valence-corrected chi connectivity index (χ3v) is 1.98. The van der Waals surface area contributed by atoms with E-state index in [1.165, 1.54) is 0 Å². The van der Waals surface area contributed by atoms with E-state index >= 15 is 0 Å². The molecule has 2 amide bonds. The van der Waals surface area contributed by atoms with Crippen molar-refractivity contribution in [2.75, 3.05) is 18.5 Å². The number of nitrogens with two attached hydrogens (primary N) is 1. The number of amides is 2. The predicted octanol–water partition coefficient (Wildman–Crippen LogP) is 0.908. The van der Waals surface area contributed by atoms with Gasteiger partial charge in [0.25, 0.3) is 0 Å². The van der Waals surface area contributed by atoms with Gasteiger partial charge in [-0.3, -0.25) is 9.59 Å². The molecule has 0 heterocycles. The van der Waals surface area contributed by atoms with Crippen LogP contribution in [0.4, 0.5) is 5.69 Å². The minimum absolute atomic E-state index is 0.396. The van der Waals surface area contributed by atoms with Crippen LogP contribution in [0, 0.1) is 0 Å². The highest BCUT2D eigenvalue weighted by atomic mass is 16.5. The molecule has 6 nitrogen and oxygen atoms in total. The van der Waals surface area contributed by atoms with Gasteiger partial charge in [-0.25, -0.2) is 0 Å². The van der Waals surface area contributed by atoms with Crippen LogP contribution in [0.3, 0.4) is 0 Å². The molecule has 1 aromatic carbocycles. The van der Waals surface area contributed by atoms with Crippen molar-refractivity contribution in [1.82, 2.24) is 0 Å². The lowest BCUT2D eigenvalue weighted by atomic mass is 10.2. The summed E-state index contributed by atoms with van der Waals surface area (Å²) in [6, 6.07) is 4.88. The van der Waals surface area contributed by atoms with Crippen molar-refractivity contribution in [2.24, 2.45) is 5.73 Å². The van der Waals surface area contributed by atoms with Crippen molar-refractivity contribution in [3.63, 3.8) is 0 Å². The van der Waals surface area contributed by atoms with Gasteiger partial charge >= 0.3 is 11.8 Å². The summed E-state index contributed by atoms with van der Waals surface area (Å²) in [5.74, 6) is -0.840. The fourth-order valence-electron chi connectivity index (χ4n) is 1.34. The van der Waals surface area contributed by atoms with Gasteiger partial charge in [0, 0.05) is 23.9 Å². The molecule has 0 atom stereocenters. The maximum atomic E-state index is 11.2. The third-order valence-electron chi connectivity index (χ3n) is 1.98. The number of hydrogen-bond acceptors (Lipinski definition) is 4. The third kappa shape index (κ3) is 3.97. The zero-order chi connectivity index (χ0) is 13.5. The second-order valence-corrected chi connectivity index (χ2v) is 3.38. The van der Waals surface area contributed by atoms with E-state index in [0.717, 1.165) is 0 Å². The summed E-state index contributed by atoms with van der Waals surface area (Å²) in [6.07, 6.45) is 0. The number of primary amides is 1. The molecule has 18 heavy (non-hydrogen) atoms. The fourth-order valence-corrected chi connectivity index (χ4v) is 1.34. The van der Waals surface area contributed by atoms with Gasteiger partial charge in [-0.2, -0.15) is 0 Å². The van der Waals surface area contributed by atoms with E-state index in [1.807, 2.05) is 13.8 Å². The lowest BCUT2D eigenvalue weighted by Gasteiger charge is -2.10. The molecular weight excluding hydrogens is 236 g/mol. The molecular formula is C12H16N2O4. The molecule has 0 aliphatic rings. The Morgan fingerprint density at radius 3 is 2.00 bits per heavy atom. The number of hydrogen-bond donors (Lipinski definition) is 2. The van der Waals surface area contributed by atoms with Gasteiger partial charge in [-0.15, -0.1) is 0 Å². The van der Waals surface area contributed by atoms with Gasteiger partial charge in [-0.05, 0) is 13.8 Å². The van der Waals surface area contributed by atoms with Crippen molar-refractivity contribution >= 4 is 17.5 Å². The average Bonchev–Trinajstić information content (AvgIpc) is 2.29. The summed E-state index contributed by atoms with van der Waals surface area (Å²) in [5.41, 5.74) is 5.26. The molecule has 0 fully saturated rings. The number of ether oxygens (including phenoxy) is 2. The van der Waals surface area contributed by atoms with E-state index < -0.39 is 11.8 Å². The molecule has 0 unspecified atom stereocenters. The fraction of sp³-hybridized carbons (Fsp3) is 0.333. The molecule has 0 aliphatic heterocycles. The van der Waals surface area contributed by atoms with Crippen LogP contribution in [-0.4, -0.2) is 25.0 Å². The van der Waals surface area contributed by atoms with Crippen molar-refractivity contribution in [1.29, 1.82) is 0 Å². The van der Waals surface area contributed by atoms with Crippen LogP contribution in [0.1, 0.15) is 13.8 Å². The summed E-state index contributed by atoms with van der Waals surface area (Å²) >= 11 is 0. The summed E-state index contributed by atoms with van der Waals surface area (Å²) in [5, 5.41) is 2.37. The first-order valence-electron chi connectivity index (χ1n) is 5.58. The van der Waals surface area contributed by atoms with E-state index in [1.54, 1.807) is 18.2 Å². The molecule has 0 spiro atoms. The monoisotopic (exact) mass is 252 g/mol. The van der Waals surface area contributed by atoms with Crippen LogP contribution in [0.15, 0.2) is 18.2 Å². The van der Waals surface area contributed by atoms with Gasteiger partial charge in [0.2, 0.25) is 0 Å². The van der Waals surface area contributed by atoms with Gasteiger partial charge in [-0.1, -0.05) is 0 Å². The summed E-state index contributed by atoms with van der Waals surface area (Å²) in [6.45, 7) is 4.65. The second kappa shape index (κ2) is 6.48. The predicted molar refractivity (Wildman–Crippen MR) is 66.6 cm³/mol. The molecule has 0 aliphatic carbocycles. The Morgan fingerprint density at radius 2 is 1.61 bits per heavy atom. The standard InChI is InChI=1S/C12H16N2O4/c1-3-17-9-5-8(14-12(16)11(13)15)6-10(7-9)18-4-2/h5-7H,3-4H2,1-2H3,(H2,13,15)(H,14,16). The highest BCUT2D eigenvalue weighted by Crippen LogP contribution is 2.26. The Kier molecular flexibility index (Phi) is 4.98. The van der Waals surface area contributed by atoms with Crippen molar-refractivity contribution in [3.05, 3.63) is 18.2 Å². The molecule has 0 radical (unpaired) electrons. The molecule has 0 bridgehead atoms. The lowest BCUT2D eigenvalue weighted by Crippen LogP contribution is -2.29. The van der Waals surface area contributed by atoms with Gasteiger partial charge in [0.15, 0.2) is 0 Å². The number of nitrogens with one attached hydrogen (secondary N) is 1. The number of rotatable bonds is 5. The average molecular weight is 252 g/mol. The quantitative estimate of drug-likeness (QED) is 0.762. The lowest BCUT2D eigenvalue weighted by molar-refractivity contribution is -0.134. The summed E-state index contributed by atoms with van der Waals surface area (Å²) in [7, 11) is 0. The van der Waals surface area contributed by atoms with Crippen molar-refractivity contribution in [2.45, 2.75) is 13.8 Å². The van der Waals surface area contributed by atoms with E-state index in [0.29, 0.717) is 30.4 Å². The van der Waals surface area contributed by atoms with Crippen LogP contribution in [-0.2, 0) is 9.59 Å². The topological polar surface area (TPSA) is 90.6 Å². The highest BCUT2D eigenvalue weighted by molar-refractivity contribution is 6.39. The molecule has 0 saturated carbocycles.